The first-order chi connectivity index (χ1) is 15.0. The van der Waals surface area contributed by atoms with Crippen LogP contribution >= 0.6 is 7.26 Å². The molecule has 1 unspecified atom stereocenters. The highest BCUT2D eigenvalue weighted by Gasteiger charge is 2.47. The van der Waals surface area contributed by atoms with E-state index in [1.165, 1.54) is 32.6 Å². The Hall–Kier alpha value is -2.73. The Morgan fingerprint density at radius 1 is 0.548 bits per heavy atom. The third-order valence-corrected chi connectivity index (χ3v) is 10.5. The van der Waals surface area contributed by atoms with Gasteiger partial charge in [-0.25, -0.2) is 0 Å². The average molecular weight is 426 g/mol. The normalized spacial score (nSPS) is 12.5. The monoisotopic (exact) mass is 425 g/mol. The topological polar surface area (TPSA) is 20.2 Å². The zero-order valence-electron chi connectivity index (χ0n) is 18.5. The van der Waals surface area contributed by atoms with E-state index in [2.05, 4.69) is 93.6 Å². The first-order valence-corrected chi connectivity index (χ1v) is 12.8. The molecule has 31 heavy (non-hydrogen) atoms. The molecule has 0 spiro atoms. The highest BCUT2D eigenvalue weighted by atomic mass is 31.2. The number of aliphatic hydroxyl groups excluding tert-OH is 1. The van der Waals surface area contributed by atoms with E-state index in [1.54, 1.807) is 0 Å². The Balaban J connectivity index is 1.96. The minimum absolute atomic E-state index is 0.543. The molecule has 0 amide bonds. The second-order valence-corrected chi connectivity index (χ2v) is 12.0. The van der Waals surface area contributed by atoms with Crippen molar-refractivity contribution in [3.8, 4) is 0 Å². The first-order valence-electron chi connectivity index (χ1n) is 10.8. The molecule has 1 nitrogen and oxygen atoms in total. The quantitative estimate of drug-likeness (QED) is 0.397. The van der Waals surface area contributed by atoms with Crippen LogP contribution in [0.5, 0.6) is 0 Å². The SMILES string of the molecule is Cc1ccc([P+](CC(O)c2ccccc2)(c2ccc(C)cc2)c2ccc(C)cc2)cc1. The average Bonchev–Trinajstić information content (AvgIpc) is 2.80. The van der Waals surface area contributed by atoms with Crippen molar-refractivity contribution in [1.29, 1.82) is 0 Å². The summed E-state index contributed by atoms with van der Waals surface area (Å²) in [6.07, 6.45) is 0.130. The van der Waals surface area contributed by atoms with Crippen molar-refractivity contribution in [3.05, 3.63) is 125 Å². The van der Waals surface area contributed by atoms with Gasteiger partial charge < -0.3 is 5.11 Å². The molecule has 0 heterocycles. The molecule has 0 radical (unpaired) electrons. The van der Waals surface area contributed by atoms with Gasteiger partial charge in [0.1, 0.15) is 35.4 Å². The van der Waals surface area contributed by atoms with Crippen LogP contribution in [-0.2, 0) is 0 Å². The van der Waals surface area contributed by atoms with Crippen molar-refractivity contribution in [2.45, 2.75) is 26.9 Å². The van der Waals surface area contributed by atoms with Gasteiger partial charge in [-0.3, -0.25) is 0 Å². The standard InChI is InChI=1S/C29H30OP/c1-22-9-15-26(16-10-22)31(27-17-11-23(2)12-18-27,28-19-13-24(3)14-20-28)21-29(30)25-7-5-4-6-8-25/h4-20,29-30H,21H2,1-3H3/q+1. The second kappa shape index (κ2) is 9.18. The zero-order valence-corrected chi connectivity index (χ0v) is 19.4. The lowest BCUT2D eigenvalue weighted by molar-refractivity contribution is 0.203. The predicted molar refractivity (Wildman–Crippen MR) is 136 cm³/mol. The molecular weight excluding hydrogens is 395 g/mol. The van der Waals surface area contributed by atoms with Crippen molar-refractivity contribution in [3.63, 3.8) is 0 Å². The maximum absolute atomic E-state index is 11.4. The van der Waals surface area contributed by atoms with Gasteiger partial charge in [0.2, 0.25) is 0 Å². The van der Waals surface area contributed by atoms with E-state index >= 15 is 0 Å². The highest BCUT2D eigenvalue weighted by molar-refractivity contribution is 7.95. The number of benzene rings is 4. The zero-order chi connectivity index (χ0) is 21.8. The molecule has 0 aliphatic carbocycles. The number of rotatable bonds is 6. The second-order valence-electron chi connectivity index (χ2n) is 8.43. The molecule has 4 aromatic rings. The third kappa shape index (κ3) is 4.49. The fourth-order valence-corrected chi connectivity index (χ4v) is 8.43. The number of hydrogen-bond acceptors (Lipinski definition) is 1. The summed E-state index contributed by atoms with van der Waals surface area (Å²) < 4.78 is 0. The van der Waals surface area contributed by atoms with E-state index in [1.807, 2.05) is 30.3 Å². The Morgan fingerprint density at radius 2 is 0.903 bits per heavy atom. The fourth-order valence-electron chi connectivity index (χ4n) is 4.20. The van der Waals surface area contributed by atoms with E-state index in [0.29, 0.717) is 6.16 Å². The summed E-state index contributed by atoms with van der Waals surface area (Å²) in [7, 11) is -2.08. The molecule has 1 atom stereocenters. The number of aliphatic hydroxyl groups is 1. The lowest BCUT2D eigenvalue weighted by atomic mass is 10.1. The van der Waals surface area contributed by atoms with Crippen LogP contribution in [0.2, 0.25) is 0 Å². The third-order valence-electron chi connectivity index (χ3n) is 6.06. The van der Waals surface area contributed by atoms with Gasteiger partial charge in [0.25, 0.3) is 0 Å². The van der Waals surface area contributed by atoms with Gasteiger partial charge in [-0.2, -0.15) is 0 Å². The van der Waals surface area contributed by atoms with Crippen molar-refractivity contribution in [2.24, 2.45) is 0 Å². The van der Waals surface area contributed by atoms with Crippen LogP contribution in [0, 0.1) is 20.8 Å². The minimum atomic E-state index is -2.08. The van der Waals surface area contributed by atoms with E-state index in [4.69, 9.17) is 0 Å². The summed E-state index contributed by atoms with van der Waals surface area (Å²) >= 11 is 0. The molecule has 1 N–H and O–H groups in total. The molecule has 2 heteroatoms. The van der Waals surface area contributed by atoms with Crippen LogP contribution in [-0.4, -0.2) is 11.3 Å². The largest absolute Gasteiger partial charge is 0.385 e. The van der Waals surface area contributed by atoms with Crippen LogP contribution in [0.15, 0.2) is 103 Å². The van der Waals surface area contributed by atoms with Crippen molar-refractivity contribution < 1.29 is 5.11 Å². The molecule has 0 aliphatic rings. The molecule has 0 aliphatic heterocycles. The first kappa shape index (κ1) is 21.5. The summed E-state index contributed by atoms with van der Waals surface area (Å²) in [6, 6.07) is 36.8. The molecule has 0 fully saturated rings. The molecule has 0 saturated heterocycles. The Morgan fingerprint density at radius 3 is 1.26 bits per heavy atom. The molecule has 4 rings (SSSR count). The Kier molecular flexibility index (Phi) is 6.37. The molecular formula is C29H30OP+. The van der Waals surface area contributed by atoms with Crippen LogP contribution in [0.3, 0.4) is 0 Å². The van der Waals surface area contributed by atoms with Gasteiger partial charge in [0.15, 0.2) is 0 Å². The lowest BCUT2D eigenvalue weighted by Crippen LogP contribution is -2.35. The molecule has 0 aromatic heterocycles. The summed E-state index contributed by atoms with van der Waals surface area (Å²) in [5.41, 5.74) is 4.72. The Bertz CT molecular complexity index is 1000. The summed E-state index contributed by atoms with van der Waals surface area (Å²) in [5.74, 6) is 0. The van der Waals surface area contributed by atoms with E-state index in [-0.39, 0.29) is 0 Å². The lowest BCUT2D eigenvalue weighted by Gasteiger charge is -2.30. The fraction of sp³-hybridized carbons (Fsp3) is 0.172. The van der Waals surface area contributed by atoms with Crippen molar-refractivity contribution in [1.82, 2.24) is 0 Å². The van der Waals surface area contributed by atoms with Gasteiger partial charge >= 0.3 is 0 Å². The van der Waals surface area contributed by atoms with Gasteiger partial charge in [-0.05, 0) is 62.7 Å². The van der Waals surface area contributed by atoms with E-state index in [9.17, 15) is 5.11 Å². The molecule has 156 valence electrons. The van der Waals surface area contributed by atoms with Crippen LogP contribution < -0.4 is 15.9 Å². The summed E-state index contributed by atoms with van der Waals surface area (Å²) in [6.45, 7) is 6.38. The van der Waals surface area contributed by atoms with Crippen LogP contribution in [0.25, 0.3) is 0 Å². The minimum Gasteiger partial charge on any atom is -0.385 e. The summed E-state index contributed by atoms with van der Waals surface area (Å²) in [5, 5.41) is 15.4. The van der Waals surface area contributed by atoms with Crippen LogP contribution in [0.4, 0.5) is 0 Å². The maximum Gasteiger partial charge on any atom is 0.115 e. The molecule has 0 bridgehead atoms. The number of aryl methyl sites for hydroxylation is 3. The van der Waals surface area contributed by atoms with Gasteiger partial charge in [-0.1, -0.05) is 83.4 Å². The number of hydrogen-bond donors (Lipinski definition) is 1. The Labute approximate surface area is 186 Å². The molecule has 0 saturated carbocycles. The van der Waals surface area contributed by atoms with Gasteiger partial charge in [0.05, 0.1) is 0 Å². The maximum atomic E-state index is 11.4. The van der Waals surface area contributed by atoms with E-state index < -0.39 is 13.4 Å². The predicted octanol–water partition coefficient (Wildman–Crippen LogP) is 5.64. The van der Waals surface area contributed by atoms with Crippen molar-refractivity contribution in [2.75, 3.05) is 6.16 Å². The van der Waals surface area contributed by atoms with Gasteiger partial charge in [-0.15, -0.1) is 0 Å². The van der Waals surface area contributed by atoms with E-state index in [0.717, 1.165) is 5.56 Å². The highest BCUT2D eigenvalue weighted by Crippen LogP contribution is 2.57. The smallest absolute Gasteiger partial charge is 0.115 e. The van der Waals surface area contributed by atoms with Gasteiger partial charge in [0, 0.05) is 0 Å². The van der Waals surface area contributed by atoms with Crippen molar-refractivity contribution >= 4 is 23.2 Å². The van der Waals surface area contributed by atoms with Crippen LogP contribution in [0.1, 0.15) is 28.4 Å². The molecule has 4 aromatic carbocycles. The summed E-state index contributed by atoms with van der Waals surface area (Å²) in [4.78, 5) is 0.